The summed E-state index contributed by atoms with van der Waals surface area (Å²) in [5.41, 5.74) is 1.06. The van der Waals surface area contributed by atoms with E-state index >= 15 is 0 Å². The molecule has 2 aliphatic rings. The van der Waals surface area contributed by atoms with E-state index in [4.69, 9.17) is 14.7 Å². The summed E-state index contributed by atoms with van der Waals surface area (Å²) in [6, 6.07) is 8.57. The van der Waals surface area contributed by atoms with Crippen molar-refractivity contribution in [2.75, 3.05) is 42.8 Å². The standard InChI is InChI=1S/C25H35N5O5S/c1-17-15-35-13-12-30(17)21-14-20(25(10-5-11-25)36(4,33)34)27-22(28-21)18-6-8-19(9-7-18)26-23(32)29-24(2,3)16-31/h6-9,14,17,31H,5,10-13,15-16H2,1-4H3,(H2,26,29,32)/t17-/m0/s1. The fourth-order valence-corrected chi connectivity index (χ4v) is 6.05. The molecule has 0 bridgehead atoms. The Balaban J connectivity index is 1.68. The molecule has 1 aromatic carbocycles. The summed E-state index contributed by atoms with van der Waals surface area (Å²) in [5.74, 6) is 1.13. The molecule has 2 aromatic rings. The molecule has 0 radical (unpaired) electrons. The topological polar surface area (TPSA) is 134 Å². The fraction of sp³-hybridized carbons (Fsp3) is 0.560. The molecular weight excluding hydrogens is 482 g/mol. The summed E-state index contributed by atoms with van der Waals surface area (Å²) in [5, 5.41) is 14.8. The molecular formula is C25H35N5O5S. The smallest absolute Gasteiger partial charge is 0.319 e. The predicted molar refractivity (Wildman–Crippen MR) is 139 cm³/mol. The van der Waals surface area contributed by atoms with Gasteiger partial charge in [0.1, 0.15) is 10.6 Å². The number of aromatic nitrogens is 2. The van der Waals surface area contributed by atoms with Crippen LogP contribution in [0.1, 0.15) is 45.7 Å². The first-order valence-electron chi connectivity index (χ1n) is 12.2. The lowest BCUT2D eigenvalue weighted by molar-refractivity contribution is 0.0985. The number of aliphatic hydroxyl groups is 1. The molecule has 1 aliphatic carbocycles. The third-order valence-electron chi connectivity index (χ3n) is 6.96. The van der Waals surface area contributed by atoms with Gasteiger partial charge in [-0.3, -0.25) is 0 Å². The molecule has 1 saturated heterocycles. The van der Waals surface area contributed by atoms with Gasteiger partial charge in [-0.05, 0) is 64.3 Å². The van der Waals surface area contributed by atoms with E-state index in [1.807, 2.05) is 6.07 Å². The minimum absolute atomic E-state index is 0.0955. The van der Waals surface area contributed by atoms with Crippen molar-refractivity contribution in [2.24, 2.45) is 0 Å². The summed E-state index contributed by atoms with van der Waals surface area (Å²) in [7, 11) is -3.38. The van der Waals surface area contributed by atoms with Crippen LogP contribution >= 0.6 is 0 Å². The Morgan fingerprint density at radius 2 is 1.94 bits per heavy atom. The van der Waals surface area contributed by atoms with Crippen LogP contribution in [-0.2, 0) is 19.3 Å². The second-order valence-electron chi connectivity index (χ2n) is 10.4. The van der Waals surface area contributed by atoms with Gasteiger partial charge < -0.3 is 25.4 Å². The number of carbonyl (C=O) groups excluding carboxylic acids is 1. The number of anilines is 2. The van der Waals surface area contributed by atoms with Crippen molar-refractivity contribution >= 4 is 27.4 Å². The first-order valence-corrected chi connectivity index (χ1v) is 14.1. The van der Waals surface area contributed by atoms with E-state index in [0.29, 0.717) is 61.2 Å². The van der Waals surface area contributed by atoms with Gasteiger partial charge in [-0.1, -0.05) is 0 Å². The monoisotopic (exact) mass is 517 g/mol. The lowest BCUT2D eigenvalue weighted by atomic mass is 9.81. The second kappa shape index (κ2) is 9.95. The zero-order valence-corrected chi connectivity index (χ0v) is 22.1. The zero-order chi connectivity index (χ0) is 26.1. The van der Waals surface area contributed by atoms with Crippen molar-refractivity contribution in [3.63, 3.8) is 0 Å². The van der Waals surface area contributed by atoms with Crippen LogP contribution < -0.4 is 15.5 Å². The molecule has 11 heteroatoms. The maximum Gasteiger partial charge on any atom is 0.319 e. The highest BCUT2D eigenvalue weighted by molar-refractivity contribution is 7.91. The van der Waals surface area contributed by atoms with Gasteiger partial charge in [-0.15, -0.1) is 0 Å². The molecule has 2 amide bonds. The van der Waals surface area contributed by atoms with E-state index in [1.165, 1.54) is 6.26 Å². The van der Waals surface area contributed by atoms with Gasteiger partial charge in [0.25, 0.3) is 0 Å². The summed E-state index contributed by atoms with van der Waals surface area (Å²) in [6.45, 7) is 7.11. The molecule has 2 heterocycles. The third kappa shape index (κ3) is 5.33. The first kappa shape index (κ1) is 26.3. The number of hydrogen-bond acceptors (Lipinski definition) is 8. The Bertz CT molecular complexity index is 1210. The summed E-state index contributed by atoms with van der Waals surface area (Å²) in [6.07, 6.45) is 3.21. The van der Waals surface area contributed by atoms with Crippen molar-refractivity contribution in [1.29, 1.82) is 0 Å². The average molecular weight is 518 g/mol. The van der Waals surface area contributed by atoms with Crippen LogP contribution in [-0.4, -0.2) is 73.7 Å². The van der Waals surface area contributed by atoms with E-state index in [9.17, 15) is 18.3 Å². The van der Waals surface area contributed by atoms with Crippen molar-refractivity contribution in [3.05, 3.63) is 36.0 Å². The molecule has 3 N–H and O–H groups in total. The second-order valence-corrected chi connectivity index (χ2v) is 12.7. The number of amides is 2. The minimum atomic E-state index is -3.38. The molecule has 196 valence electrons. The third-order valence-corrected chi connectivity index (χ3v) is 9.00. The minimum Gasteiger partial charge on any atom is -0.394 e. The molecule has 1 aromatic heterocycles. The highest BCUT2D eigenvalue weighted by Gasteiger charge is 2.49. The van der Waals surface area contributed by atoms with Gasteiger partial charge in [0, 0.05) is 30.1 Å². The Kier molecular flexibility index (Phi) is 7.27. The molecule has 1 saturated carbocycles. The van der Waals surface area contributed by atoms with Crippen LogP contribution in [0.5, 0.6) is 0 Å². The van der Waals surface area contributed by atoms with Gasteiger partial charge in [-0.2, -0.15) is 0 Å². The summed E-state index contributed by atoms with van der Waals surface area (Å²) < 4.78 is 30.3. The van der Waals surface area contributed by atoms with Crippen LogP contribution in [0.15, 0.2) is 30.3 Å². The number of rotatable bonds is 7. The summed E-state index contributed by atoms with van der Waals surface area (Å²) >= 11 is 0. The highest BCUT2D eigenvalue weighted by atomic mass is 32.2. The van der Waals surface area contributed by atoms with Crippen molar-refractivity contribution in [3.8, 4) is 11.4 Å². The van der Waals surface area contributed by atoms with Crippen LogP contribution in [0.2, 0.25) is 0 Å². The van der Waals surface area contributed by atoms with Crippen LogP contribution in [0, 0.1) is 0 Å². The van der Waals surface area contributed by atoms with E-state index in [2.05, 4.69) is 22.5 Å². The lowest BCUT2D eigenvalue weighted by Crippen LogP contribution is -2.48. The number of hydrogen-bond donors (Lipinski definition) is 3. The van der Waals surface area contributed by atoms with Crippen molar-refractivity contribution in [1.82, 2.24) is 15.3 Å². The Hall–Kier alpha value is -2.76. The number of aliphatic hydroxyl groups excluding tert-OH is 1. The Labute approximate surface area is 212 Å². The lowest BCUT2D eigenvalue weighted by Gasteiger charge is -2.40. The maximum atomic E-state index is 12.8. The SMILES string of the molecule is C[C@H]1COCCN1c1cc(C2(S(C)(=O)=O)CCC2)nc(-c2ccc(NC(=O)NC(C)(C)CO)cc2)n1. The normalized spacial score (nSPS) is 19.9. The van der Waals surface area contributed by atoms with Gasteiger partial charge in [0.2, 0.25) is 0 Å². The Morgan fingerprint density at radius 1 is 1.25 bits per heavy atom. The molecule has 1 aliphatic heterocycles. The molecule has 4 rings (SSSR count). The molecule has 2 fully saturated rings. The van der Waals surface area contributed by atoms with Gasteiger partial charge in [0.15, 0.2) is 15.7 Å². The van der Waals surface area contributed by atoms with Crippen molar-refractivity contribution < 1.29 is 23.1 Å². The van der Waals surface area contributed by atoms with E-state index < -0.39 is 26.2 Å². The molecule has 36 heavy (non-hydrogen) atoms. The van der Waals surface area contributed by atoms with Crippen molar-refractivity contribution in [2.45, 2.75) is 56.4 Å². The number of nitrogens with one attached hydrogen (secondary N) is 2. The number of carbonyl (C=O) groups is 1. The number of ether oxygens (including phenoxy) is 1. The number of benzene rings is 1. The predicted octanol–water partition coefficient (Wildman–Crippen LogP) is 2.68. The number of morpholine rings is 1. The van der Waals surface area contributed by atoms with Crippen LogP contribution in [0.25, 0.3) is 11.4 Å². The van der Waals surface area contributed by atoms with Crippen LogP contribution in [0.4, 0.5) is 16.3 Å². The van der Waals surface area contributed by atoms with Gasteiger partial charge in [0.05, 0.1) is 37.1 Å². The van der Waals surface area contributed by atoms with Gasteiger partial charge >= 0.3 is 6.03 Å². The largest absolute Gasteiger partial charge is 0.394 e. The Morgan fingerprint density at radius 3 is 2.50 bits per heavy atom. The molecule has 1 atom stereocenters. The fourth-order valence-electron chi connectivity index (χ4n) is 4.54. The highest BCUT2D eigenvalue weighted by Crippen LogP contribution is 2.48. The molecule has 0 unspecified atom stereocenters. The van der Waals surface area contributed by atoms with E-state index in [-0.39, 0.29) is 12.6 Å². The number of sulfone groups is 1. The molecule has 0 spiro atoms. The number of urea groups is 1. The number of nitrogens with zero attached hydrogens (tertiary/aromatic N) is 3. The molecule has 10 nitrogen and oxygen atoms in total. The average Bonchev–Trinajstić information content (AvgIpc) is 2.77. The summed E-state index contributed by atoms with van der Waals surface area (Å²) in [4.78, 5) is 24.0. The zero-order valence-electron chi connectivity index (χ0n) is 21.2. The maximum absolute atomic E-state index is 12.8. The van der Waals surface area contributed by atoms with Crippen LogP contribution in [0.3, 0.4) is 0 Å². The van der Waals surface area contributed by atoms with E-state index in [0.717, 1.165) is 6.42 Å². The van der Waals surface area contributed by atoms with E-state index in [1.54, 1.807) is 38.1 Å². The first-order chi connectivity index (χ1) is 16.9. The van der Waals surface area contributed by atoms with Gasteiger partial charge in [-0.25, -0.2) is 23.2 Å². The quantitative estimate of drug-likeness (QED) is 0.510.